The predicted molar refractivity (Wildman–Crippen MR) is 35.7 cm³/mol. The van der Waals surface area contributed by atoms with Gasteiger partial charge in [0.1, 0.15) is 0 Å². The molecule has 64 valence electrons. The van der Waals surface area contributed by atoms with Gasteiger partial charge in [-0.2, -0.15) is 0 Å². The normalized spacial score (nSPS) is 33.3. The molecule has 0 unspecified atom stereocenters. The molecule has 11 heavy (non-hydrogen) atoms. The number of halogens is 2. The molecule has 1 N–H and O–H groups in total. The molecular weight excluding hydrogens is 152 g/mol. The lowest BCUT2D eigenvalue weighted by molar-refractivity contribution is -0.131. The van der Waals surface area contributed by atoms with Gasteiger partial charge in [-0.25, -0.2) is 8.78 Å². The average Bonchev–Trinajstić information content (AvgIpc) is 1.84. The van der Waals surface area contributed by atoms with Gasteiger partial charge in [0.25, 0.3) is 5.92 Å². The van der Waals surface area contributed by atoms with E-state index < -0.39 is 5.92 Å². The molecule has 2 aliphatic rings. The number of hydrogen-bond acceptors (Lipinski definition) is 2. The van der Waals surface area contributed by atoms with Crippen LogP contribution in [0.4, 0.5) is 8.78 Å². The van der Waals surface area contributed by atoms with Gasteiger partial charge in [-0.3, -0.25) is 0 Å². The van der Waals surface area contributed by atoms with Crippen molar-refractivity contribution < 1.29 is 13.5 Å². The third-order valence-electron chi connectivity index (χ3n) is 2.45. The predicted octanol–water partition coefficient (Wildman–Crippen LogP) is 0.774. The van der Waals surface area contributed by atoms with E-state index in [-0.39, 0.29) is 18.5 Å². The van der Waals surface area contributed by atoms with Crippen LogP contribution in [-0.2, 0) is 4.74 Å². The fourth-order valence-electron chi connectivity index (χ4n) is 1.51. The standard InChI is InChI=1S/C7H11F2NO/c8-7(9)2-1-6(10-3-7)4-11-5-6/h10H,1-5H2. The van der Waals surface area contributed by atoms with Crippen LogP contribution < -0.4 is 5.32 Å². The topological polar surface area (TPSA) is 21.3 Å². The lowest BCUT2D eigenvalue weighted by atomic mass is 9.86. The van der Waals surface area contributed by atoms with Crippen LogP contribution in [0, 0.1) is 0 Å². The molecule has 0 radical (unpaired) electrons. The zero-order valence-electron chi connectivity index (χ0n) is 6.20. The van der Waals surface area contributed by atoms with Crippen molar-refractivity contribution >= 4 is 0 Å². The van der Waals surface area contributed by atoms with Crippen molar-refractivity contribution in [2.45, 2.75) is 24.3 Å². The van der Waals surface area contributed by atoms with E-state index in [1.165, 1.54) is 0 Å². The Balaban J connectivity index is 1.94. The Labute approximate surface area is 63.9 Å². The van der Waals surface area contributed by atoms with Crippen molar-refractivity contribution in [1.82, 2.24) is 5.32 Å². The lowest BCUT2D eigenvalue weighted by Gasteiger charge is -2.46. The summed E-state index contributed by atoms with van der Waals surface area (Å²) in [7, 11) is 0. The van der Waals surface area contributed by atoms with Crippen LogP contribution in [0.15, 0.2) is 0 Å². The average molecular weight is 163 g/mol. The molecule has 0 saturated carbocycles. The summed E-state index contributed by atoms with van der Waals surface area (Å²) < 4.78 is 30.2. The second-order valence-corrected chi connectivity index (χ2v) is 3.48. The Morgan fingerprint density at radius 1 is 1.18 bits per heavy atom. The number of hydrogen-bond donors (Lipinski definition) is 1. The van der Waals surface area contributed by atoms with E-state index in [0.29, 0.717) is 19.6 Å². The van der Waals surface area contributed by atoms with Crippen LogP contribution in [-0.4, -0.2) is 31.2 Å². The summed E-state index contributed by atoms with van der Waals surface area (Å²) in [5, 5.41) is 2.85. The van der Waals surface area contributed by atoms with Crippen molar-refractivity contribution in [2.75, 3.05) is 19.8 Å². The first kappa shape index (κ1) is 7.43. The number of ether oxygens (including phenoxy) is 1. The lowest BCUT2D eigenvalue weighted by Crippen LogP contribution is -2.65. The first-order chi connectivity index (χ1) is 5.12. The molecule has 0 atom stereocenters. The summed E-state index contributed by atoms with van der Waals surface area (Å²) in [4.78, 5) is 0. The third kappa shape index (κ3) is 1.25. The highest BCUT2D eigenvalue weighted by molar-refractivity contribution is 5.00. The van der Waals surface area contributed by atoms with Crippen LogP contribution in [0.5, 0.6) is 0 Å². The maximum Gasteiger partial charge on any atom is 0.260 e. The highest BCUT2D eigenvalue weighted by atomic mass is 19.3. The summed E-state index contributed by atoms with van der Waals surface area (Å²) in [6, 6.07) is 0. The Hall–Kier alpha value is -0.220. The molecule has 4 heteroatoms. The molecule has 0 aromatic rings. The van der Waals surface area contributed by atoms with Crippen LogP contribution in [0.2, 0.25) is 0 Å². The maximum atomic E-state index is 12.6. The summed E-state index contributed by atoms with van der Waals surface area (Å²) in [6.07, 6.45) is 0.545. The van der Waals surface area contributed by atoms with Gasteiger partial charge in [0.2, 0.25) is 0 Å². The van der Waals surface area contributed by atoms with E-state index in [1.54, 1.807) is 0 Å². The van der Waals surface area contributed by atoms with Crippen LogP contribution in [0.25, 0.3) is 0 Å². The SMILES string of the molecule is FC1(F)CCC2(COC2)NC1. The zero-order chi connectivity index (χ0) is 7.95. The smallest absolute Gasteiger partial charge is 0.260 e. The minimum Gasteiger partial charge on any atom is -0.377 e. The van der Waals surface area contributed by atoms with E-state index in [1.807, 2.05) is 0 Å². The van der Waals surface area contributed by atoms with Gasteiger partial charge in [0.05, 0.1) is 25.3 Å². The van der Waals surface area contributed by atoms with Crippen molar-refractivity contribution in [3.8, 4) is 0 Å². The van der Waals surface area contributed by atoms with Crippen LogP contribution >= 0.6 is 0 Å². The van der Waals surface area contributed by atoms with E-state index in [9.17, 15) is 8.78 Å². The van der Waals surface area contributed by atoms with Crippen molar-refractivity contribution in [1.29, 1.82) is 0 Å². The van der Waals surface area contributed by atoms with E-state index in [4.69, 9.17) is 4.74 Å². The first-order valence-corrected chi connectivity index (χ1v) is 3.83. The summed E-state index contributed by atoms with van der Waals surface area (Å²) in [5.74, 6) is -2.50. The van der Waals surface area contributed by atoms with E-state index >= 15 is 0 Å². The van der Waals surface area contributed by atoms with Gasteiger partial charge < -0.3 is 10.1 Å². The minimum atomic E-state index is -2.50. The third-order valence-corrected chi connectivity index (χ3v) is 2.45. The molecule has 2 nitrogen and oxygen atoms in total. The zero-order valence-corrected chi connectivity index (χ0v) is 6.20. The quantitative estimate of drug-likeness (QED) is 0.569. The number of piperidine rings is 1. The van der Waals surface area contributed by atoms with Gasteiger partial charge in [0, 0.05) is 6.42 Å². The molecule has 0 aromatic carbocycles. The molecule has 2 heterocycles. The summed E-state index contributed by atoms with van der Waals surface area (Å²) in [6.45, 7) is 1.02. The monoisotopic (exact) mass is 163 g/mol. The number of nitrogens with one attached hydrogen (secondary N) is 1. The van der Waals surface area contributed by atoms with E-state index in [2.05, 4.69) is 5.32 Å². The van der Waals surface area contributed by atoms with Gasteiger partial charge in [0.15, 0.2) is 0 Å². The van der Waals surface area contributed by atoms with Crippen molar-refractivity contribution in [3.05, 3.63) is 0 Å². The highest BCUT2D eigenvalue weighted by Gasteiger charge is 2.47. The number of alkyl halides is 2. The Morgan fingerprint density at radius 2 is 1.91 bits per heavy atom. The molecule has 0 aliphatic carbocycles. The second-order valence-electron chi connectivity index (χ2n) is 3.48. The Bertz CT molecular complexity index is 156. The summed E-state index contributed by atoms with van der Waals surface area (Å²) in [5.41, 5.74) is -0.0956. The van der Waals surface area contributed by atoms with Crippen molar-refractivity contribution in [2.24, 2.45) is 0 Å². The van der Waals surface area contributed by atoms with E-state index in [0.717, 1.165) is 0 Å². The Morgan fingerprint density at radius 3 is 2.27 bits per heavy atom. The first-order valence-electron chi connectivity index (χ1n) is 3.83. The largest absolute Gasteiger partial charge is 0.377 e. The molecule has 1 spiro atoms. The van der Waals surface area contributed by atoms with Crippen molar-refractivity contribution in [3.63, 3.8) is 0 Å². The molecule has 2 rings (SSSR count). The van der Waals surface area contributed by atoms with Crippen LogP contribution in [0.3, 0.4) is 0 Å². The van der Waals surface area contributed by atoms with Crippen LogP contribution in [0.1, 0.15) is 12.8 Å². The molecule has 0 bridgehead atoms. The highest BCUT2D eigenvalue weighted by Crippen LogP contribution is 2.33. The second kappa shape index (κ2) is 2.14. The molecule has 2 aliphatic heterocycles. The van der Waals surface area contributed by atoms with Gasteiger partial charge in [-0.05, 0) is 6.42 Å². The minimum absolute atomic E-state index is 0.00333. The molecule has 0 amide bonds. The number of rotatable bonds is 0. The maximum absolute atomic E-state index is 12.6. The molecule has 0 aromatic heterocycles. The fraction of sp³-hybridized carbons (Fsp3) is 1.00. The molecule has 2 fully saturated rings. The fourth-order valence-corrected chi connectivity index (χ4v) is 1.51. The van der Waals surface area contributed by atoms with Gasteiger partial charge in [-0.15, -0.1) is 0 Å². The molecular formula is C7H11F2NO. The Kier molecular flexibility index (Phi) is 1.44. The van der Waals surface area contributed by atoms with Gasteiger partial charge in [-0.1, -0.05) is 0 Å². The summed E-state index contributed by atoms with van der Waals surface area (Å²) >= 11 is 0. The van der Waals surface area contributed by atoms with Gasteiger partial charge >= 0.3 is 0 Å². The molecule has 2 saturated heterocycles.